The molecule has 15 heavy (non-hydrogen) atoms. The zero-order chi connectivity index (χ0) is 11.4. The first kappa shape index (κ1) is 12.2. The number of nitrogens with two attached hydrogens (primary N) is 1. The van der Waals surface area contributed by atoms with Gasteiger partial charge in [0.2, 0.25) is 5.91 Å². The van der Waals surface area contributed by atoms with Gasteiger partial charge in [0.15, 0.2) is 0 Å². The lowest BCUT2D eigenvalue weighted by atomic mass is 9.98. The minimum absolute atomic E-state index is 0.105. The van der Waals surface area contributed by atoms with Crippen molar-refractivity contribution in [2.75, 3.05) is 13.1 Å². The van der Waals surface area contributed by atoms with Crippen LogP contribution < -0.4 is 5.73 Å². The molecule has 1 rings (SSSR count). The molecule has 1 heterocycles. The summed E-state index contributed by atoms with van der Waals surface area (Å²) in [6, 6.07) is -0.332. The number of hydrogen-bond donors (Lipinski definition) is 1. The van der Waals surface area contributed by atoms with Crippen LogP contribution in [-0.2, 0) is 4.79 Å². The molecule has 0 aliphatic carbocycles. The van der Waals surface area contributed by atoms with Crippen LogP contribution in [0.3, 0.4) is 0 Å². The molecule has 0 radical (unpaired) electrons. The van der Waals surface area contributed by atoms with E-state index < -0.39 is 0 Å². The van der Waals surface area contributed by atoms with Gasteiger partial charge in [-0.3, -0.25) is 4.79 Å². The second kappa shape index (κ2) is 5.31. The molecule has 2 N–H and O–H groups in total. The molecule has 1 amide bonds. The van der Waals surface area contributed by atoms with Gasteiger partial charge in [-0.05, 0) is 19.3 Å². The molecule has 0 aromatic carbocycles. The largest absolute Gasteiger partial charge is 0.337 e. The highest BCUT2D eigenvalue weighted by Gasteiger charge is 2.25. The summed E-state index contributed by atoms with van der Waals surface area (Å²) < 4.78 is 0. The van der Waals surface area contributed by atoms with Gasteiger partial charge in [0.05, 0.1) is 6.04 Å². The lowest BCUT2D eigenvalue weighted by Crippen LogP contribution is -2.48. The normalized spacial score (nSPS) is 20.8. The Hall–Kier alpha value is -0.830. The Kier molecular flexibility index (Phi) is 4.33. The highest BCUT2D eigenvalue weighted by Crippen LogP contribution is 2.13. The van der Waals surface area contributed by atoms with Crippen molar-refractivity contribution < 1.29 is 4.79 Å². The monoisotopic (exact) mass is 210 g/mol. The molecular weight excluding hydrogens is 188 g/mol. The molecule has 1 aliphatic rings. The van der Waals surface area contributed by atoms with Gasteiger partial charge in [-0.15, -0.1) is 0 Å². The second-order valence-electron chi connectivity index (χ2n) is 4.50. The fraction of sp³-hybridized carbons (Fsp3) is 0.750. The Morgan fingerprint density at radius 2 is 2.33 bits per heavy atom. The van der Waals surface area contributed by atoms with Crippen LogP contribution in [0.25, 0.3) is 0 Å². The summed E-state index contributed by atoms with van der Waals surface area (Å²) in [6.07, 6.45) is 4.05. The average Bonchev–Trinajstić information content (AvgIpc) is 2.27. The van der Waals surface area contributed by atoms with Crippen LogP contribution in [0.1, 0.15) is 33.6 Å². The van der Waals surface area contributed by atoms with Crippen LogP contribution in [-0.4, -0.2) is 29.9 Å². The van der Waals surface area contributed by atoms with Gasteiger partial charge >= 0.3 is 0 Å². The summed E-state index contributed by atoms with van der Waals surface area (Å²) in [5.41, 5.74) is 7.30. The van der Waals surface area contributed by atoms with E-state index in [0.717, 1.165) is 25.9 Å². The molecule has 0 aromatic heterocycles. The van der Waals surface area contributed by atoms with Gasteiger partial charge < -0.3 is 10.6 Å². The van der Waals surface area contributed by atoms with Crippen LogP contribution in [0, 0.1) is 5.92 Å². The van der Waals surface area contributed by atoms with E-state index in [1.54, 1.807) is 0 Å². The fourth-order valence-corrected chi connectivity index (χ4v) is 1.68. The predicted octanol–water partition coefficient (Wildman–Crippen LogP) is 1.54. The third-order valence-corrected chi connectivity index (χ3v) is 3.29. The lowest BCUT2D eigenvalue weighted by molar-refractivity contribution is -0.133. The first-order valence-corrected chi connectivity index (χ1v) is 5.76. The molecule has 86 valence electrons. The van der Waals surface area contributed by atoms with E-state index in [9.17, 15) is 4.79 Å². The minimum Gasteiger partial charge on any atom is -0.337 e. The number of nitrogens with zero attached hydrogens (tertiary/aromatic N) is 1. The van der Waals surface area contributed by atoms with Crippen LogP contribution in [0.5, 0.6) is 0 Å². The lowest BCUT2D eigenvalue weighted by Gasteiger charge is -2.29. The topological polar surface area (TPSA) is 46.3 Å². The molecule has 2 atom stereocenters. The third kappa shape index (κ3) is 3.06. The van der Waals surface area contributed by atoms with E-state index in [-0.39, 0.29) is 17.9 Å². The van der Waals surface area contributed by atoms with Crippen LogP contribution in [0.2, 0.25) is 0 Å². The summed E-state index contributed by atoms with van der Waals surface area (Å²) in [6.45, 7) is 7.77. The molecule has 3 nitrogen and oxygen atoms in total. The highest BCUT2D eigenvalue weighted by molar-refractivity contribution is 5.82. The molecule has 0 fully saturated rings. The van der Waals surface area contributed by atoms with E-state index in [1.807, 2.05) is 11.8 Å². The van der Waals surface area contributed by atoms with Crippen molar-refractivity contribution in [3.05, 3.63) is 11.6 Å². The van der Waals surface area contributed by atoms with Crippen molar-refractivity contribution in [3.8, 4) is 0 Å². The molecule has 3 heteroatoms. The number of amides is 1. The van der Waals surface area contributed by atoms with Crippen molar-refractivity contribution in [1.29, 1.82) is 0 Å². The van der Waals surface area contributed by atoms with Crippen molar-refractivity contribution in [2.24, 2.45) is 11.7 Å². The summed E-state index contributed by atoms with van der Waals surface area (Å²) in [5, 5.41) is 0. The zero-order valence-electron chi connectivity index (χ0n) is 9.99. The highest BCUT2D eigenvalue weighted by atomic mass is 16.2. The first-order chi connectivity index (χ1) is 7.06. The molecule has 0 bridgehead atoms. The standard InChI is InChI=1S/C12H22N2O/c1-4-10(3)11(13)12(15)14-7-5-9(2)6-8-14/h5,10-11H,4,6-8,13H2,1-3H3/t10?,11-/m0/s1. The molecule has 0 saturated carbocycles. The third-order valence-electron chi connectivity index (χ3n) is 3.29. The number of hydrogen-bond acceptors (Lipinski definition) is 2. The maximum Gasteiger partial charge on any atom is 0.240 e. The van der Waals surface area contributed by atoms with Gasteiger partial charge in [0, 0.05) is 13.1 Å². The minimum atomic E-state index is -0.332. The molecule has 0 saturated heterocycles. The van der Waals surface area contributed by atoms with E-state index >= 15 is 0 Å². The van der Waals surface area contributed by atoms with Gasteiger partial charge in [0.1, 0.15) is 0 Å². The maximum atomic E-state index is 12.0. The molecule has 1 unspecified atom stereocenters. The molecule has 0 aromatic rings. The van der Waals surface area contributed by atoms with Gasteiger partial charge in [-0.2, -0.15) is 0 Å². The van der Waals surface area contributed by atoms with Crippen LogP contribution in [0.4, 0.5) is 0 Å². The fourth-order valence-electron chi connectivity index (χ4n) is 1.68. The Morgan fingerprint density at radius 3 is 2.80 bits per heavy atom. The smallest absolute Gasteiger partial charge is 0.240 e. The summed E-state index contributed by atoms with van der Waals surface area (Å²) in [4.78, 5) is 13.8. The number of rotatable bonds is 3. The van der Waals surface area contributed by atoms with Gasteiger partial charge in [0.25, 0.3) is 0 Å². The quantitative estimate of drug-likeness (QED) is 0.718. The number of carbonyl (C=O) groups is 1. The summed E-state index contributed by atoms with van der Waals surface area (Å²) in [7, 11) is 0. The van der Waals surface area contributed by atoms with Gasteiger partial charge in [-0.1, -0.05) is 31.9 Å². The second-order valence-corrected chi connectivity index (χ2v) is 4.50. The van der Waals surface area contributed by atoms with E-state index in [0.29, 0.717) is 0 Å². The molecule has 1 aliphatic heterocycles. The van der Waals surface area contributed by atoms with Gasteiger partial charge in [-0.25, -0.2) is 0 Å². The Morgan fingerprint density at radius 1 is 1.67 bits per heavy atom. The summed E-state index contributed by atoms with van der Waals surface area (Å²) >= 11 is 0. The van der Waals surface area contributed by atoms with E-state index in [4.69, 9.17) is 5.73 Å². The van der Waals surface area contributed by atoms with E-state index in [2.05, 4.69) is 19.9 Å². The first-order valence-electron chi connectivity index (χ1n) is 5.76. The Labute approximate surface area is 92.3 Å². The van der Waals surface area contributed by atoms with Crippen molar-refractivity contribution in [3.63, 3.8) is 0 Å². The maximum absolute atomic E-state index is 12.0. The Bertz CT molecular complexity index is 260. The van der Waals surface area contributed by atoms with Crippen molar-refractivity contribution in [1.82, 2.24) is 4.90 Å². The summed E-state index contributed by atoms with van der Waals surface area (Å²) in [5.74, 6) is 0.373. The Balaban J connectivity index is 2.54. The predicted molar refractivity (Wildman–Crippen MR) is 62.4 cm³/mol. The number of carbonyl (C=O) groups excluding carboxylic acids is 1. The molecular formula is C12H22N2O. The van der Waals surface area contributed by atoms with Crippen molar-refractivity contribution >= 4 is 5.91 Å². The van der Waals surface area contributed by atoms with Crippen LogP contribution >= 0.6 is 0 Å². The zero-order valence-corrected chi connectivity index (χ0v) is 9.99. The average molecular weight is 210 g/mol. The van der Waals surface area contributed by atoms with Crippen molar-refractivity contribution in [2.45, 2.75) is 39.7 Å². The van der Waals surface area contributed by atoms with Crippen LogP contribution in [0.15, 0.2) is 11.6 Å². The molecule has 0 spiro atoms. The van der Waals surface area contributed by atoms with E-state index in [1.165, 1.54) is 5.57 Å². The SMILES string of the molecule is CCC(C)[C@H](N)C(=O)N1CC=C(C)CC1.